The number of anilines is 2. The van der Waals surface area contributed by atoms with Crippen molar-refractivity contribution in [3.05, 3.63) is 129 Å². The van der Waals surface area contributed by atoms with Gasteiger partial charge in [-0.25, -0.2) is 0 Å². The van der Waals surface area contributed by atoms with Crippen LogP contribution in [-0.4, -0.2) is 24.8 Å². The molecule has 1 N–H and O–H groups in total. The highest BCUT2D eigenvalue weighted by Crippen LogP contribution is 2.42. The lowest BCUT2D eigenvalue weighted by atomic mass is 9.80. The lowest BCUT2D eigenvalue weighted by Crippen LogP contribution is -2.23. The number of carbonyl (C=O) groups is 2. The third-order valence-corrected chi connectivity index (χ3v) is 16.0. The summed E-state index contributed by atoms with van der Waals surface area (Å²) >= 11 is 1.53. The molecule has 0 spiro atoms. The van der Waals surface area contributed by atoms with Crippen molar-refractivity contribution in [2.24, 2.45) is 23.7 Å². The van der Waals surface area contributed by atoms with Gasteiger partial charge in [-0.2, -0.15) is 0 Å². The number of unbranched alkanes of at least 4 members (excludes halogenated alkanes) is 4. The predicted octanol–water partition coefficient (Wildman–Crippen LogP) is 16.8. The topological polar surface area (TPSA) is 64.6 Å². The minimum absolute atomic E-state index is 0.127. The van der Waals surface area contributed by atoms with Gasteiger partial charge in [-0.05, 0) is 159 Å². The van der Waals surface area contributed by atoms with E-state index in [1.165, 1.54) is 114 Å². The lowest BCUT2D eigenvalue weighted by Gasteiger charge is -2.29. The average Bonchev–Trinajstić information content (AvgIpc) is 3.31. The fraction of sp³-hybridized carbons (Fsp3) is 0.467. The molecule has 5 aromatic rings. The largest absolute Gasteiger partial charge is 0.493 e. The Kier molecular flexibility index (Phi) is 16.1. The summed E-state index contributed by atoms with van der Waals surface area (Å²) in [6.45, 7) is 14.6. The summed E-state index contributed by atoms with van der Waals surface area (Å²) in [6.07, 6.45) is 21.3. The first-order valence-corrected chi connectivity index (χ1v) is 26.3. The SMILES string of the molecule is CCCCCC1CCC(COc2c(C)cc(Nc3cccc4c3C(=O)c3cccc(Sc5ccc(-c6cc(C)c(OCC7CCC(CCCCC)CC7)c(C)c6)cc5)c3C4=O)cc2C)CC1. The van der Waals surface area contributed by atoms with Gasteiger partial charge >= 0.3 is 0 Å². The number of nitrogens with one attached hydrogen (secondary N) is 1. The molecule has 3 aliphatic carbocycles. The molecule has 0 unspecified atom stereocenters. The van der Waals surface area contributed by atoms with Crippen LogP contribution in [-0.2, 0) is 0 Å². The van der Waals surface area contributed by atoms with Crippen LogP contribution in [0.5, 0.6) is 11.5 Å². The molecule has 5 aromatic carbocycles. The average molecular weight is 904 g/mol. The Labute approximate surface area is 400 Å². The molecule has 66 heavy (non-hydrogen) atoms. The molecule has 6 heteroatoms. The van der Waals surface area contributed by atoms with Crippen molar-refractivity contribution in [3.8, 4) is 22.6 Å². The van der Waals surface area contributed by atoms with Crippen LogP contribution in [0.2, 0.25) is 0 Å². The fourth-order valence-electron chi connectivity index (χ4n) is 11.1. The number of rotatable bonds is 19. The molecule has 0 bridgehead atoms. The Bertz CT molecular complexity index is 2430. The van der Waals surface area contributed by atoms with Crippen molar-refractivity contribution in [1.82, 2.24) is 0 Å². The summed E-state index contributed by atoms with van der Waals surface area (Å²) in [5.41, 5.74) is 10.0. The minimum atomic E-state index is -0.141. The molecule has 0 radical (unpaired) electrons. The smallest absolute Gasteiger partial charge is 0.196 e. The van der Waals surface area contributed by atoms with Crippen LogP contribution in [0.3, 0.4) is 0 Å². The van der Waals surface area contributed by atoms with E-state index >= 15 is 0 Å². The molecule has 348 valence electrons. The minimum Gasteiger partial charge on any atom is -0.493 e. The van der Waals surface area contributed by atoms with E-state index < -0.39 is 0 Å². The van der Waals surface area contributed by atoms with Crippen LogP contribution >= 0.6 is 11.8 Å². The molecule has 2 fully saturated rings. The van der Waals surface area contributed by atoms with Crippen molar-refractivity contribution in [2.75, 3.05) is 18.5 Å². The van der Waals surface area contributed by atoms with Gasteiger partial charge in [-0.3, -0.25) is 9.59 Å². The molecule has 2 saturated carbocycles. The zero-order valence-electron chi connectivity index (χ0n) is 40.7. The van der Waals surface area contributed by atoms with E-state index in [1.807, 2.05) is 24.3 Å². The molecule has 0 aliphatic heterocycles. The normalized spacial score (nSPS) is 19.3. The Morgan fingerprint density at radius 3 is 1.53 bits per heavy atom. The van der Waals surface area contributed by atoms with Crippen LogP contribution in [0, 0.1) is 51.4 Å². The molecule has 0 heterocycles. The fourth-order valence-corrected chi connectivity index (χ4v) is 12.1. The van der Waals surface area contributed by atoms with Crippen molar-refractivity contribution in [1.29, 1.82) is 0 Å². The number of hydrogen-bond donors (Lipinski definition) is 1. The zero-order valence-corrected chi connectivity index (χ0v) is 41.5. The van der Waals surface area contributed by atoms with Gasteiger partial charge in [0, 0.05) is 32.2 Å². The standard InChI is InChI=1S/C60H73NO4S/c1-7-9-11-15-43-21-25-45(26-22-43)37-64-59-39(3)33-48(34-40(59)4)47-29-31-50(32-30-47)66-54-20-14-18-52-56(54)58(63)51-17-13-19-53(55(51)57(52)62)61-49-35-41(5)60(42(6)36-49)65-38-46-27-23-44(24-28-46)16-12-10-8-2/h13-14,17-20,29-36,43-46,61H,7-12,15-16,21-28,37-38H2,1-6H3. The van der Waals surface area contributed by atoms with Crippen LogP contribution in [0.4, 0.5) is 11.4 Å². The summed E-state index contributed by atoms with van der Waals surface area (Å²) in [5, 5.41) is 3.52. The van der Waals surface area contributed by atoms with Gasteiger partial charge in [0.15, 0.2) is 11.6 Å². The second kappa shape index (κ2) is 22.3. The Hall–Kier alpha value is -4.81. The molecule has 8 rings (SSSR count). The van der Waals surface area contributed by atoms with Gasteiger partial charge in [0.25, 0.3) is 0 Å². The molecular weight excluding hydrogens is 831 g/mol. The number of aryl methyl sites for hydroxylation is 4. The van der Waals surface area contributed by atoms with Crippen LogP contribution < -0.4 is 14.8 Å². The van der Waals surface area contributed by atoms with Crippen LogP contribution in [0.25, 0.3) is 11.1 Å². The highest BCUT2D eigenvalue weighted by Gasteiger charge is 2.34. The van der Waals surface area contributed by atoms with E-state index in [2.05, 4.69) is 95.4 Å². The maximum absolute atomic E-state index is 14.4. The van der Waals surface area contributed by atoms with Crippen LogP contribution in [0.1, 0.15) is 171 Å². The van der Waals surface area contributed by atoms with E-state index in [4.69, 9.17) is 9.47 Å². The first-order valence-electron chi connectivity index (χ1n) is 25.5. The van der Waals surface area contributed by atoms with Gasteiger partial charge in [0.05, 0.1) is 24.5 Å². The molecule has 0 aromatic heterocycles. The van der Waals surface area contributed by atoms with Crippen LogP contribution in [0.15, 0.2) is 94.7 Å². The van der Waals surface area contributed by atoms with E-state index in [0.717, 1.165) is 85.4 Å². The monoisotopic (exact) mass is 904 g/mol. The number of carbonyl (C=O) groups excluding carboxylic acids is 2. The van der Waals surface area contributed by atoms with E-state index in [0.29, 0.717) is 39.8 Å². The second-order valence-corrected chi connectivity index (χ2v) is 21.2. The lowest BCUT2D eigenvalue weighted by molar-refractivity contribution is 0.0977. The molecule has 0 atom stereocenters. The Morgan fingerprint density at radius 1 is 0.530 bits per heavy atom. The molecule has 0 amide bonds. The summed E-state index contributed by atoms with van der Waals surface area (Å²) in [7, 11) is 0. The summed E-state index contributed by atoms with van der Waals surface area (Å²) in [4.78, 5) is 30.6. The number of ether oxygens (including phenoxy) is 2. The first kappa shape index (κ1) is 47.7. The number of benzene rings is 5. The Morgan fingerprint density at radius 2 is 1.00 bits per heavy atom. The maximum atomic E-state index is 14.4. The zero-order chi connectivity index (χ0) is 46.2. The summed E-state index contributed by atoms with van der Waals surface area (Å²) < 4.78 is 13.0. The second-order valence-electron chi connectivity index (χ2n) is 20.1. The van der Waals surface area contributed by atoms with E-state index in [-0.39, 0.29) is 11.6 Å². The maximum Gasteiger partial charge on any atom is 0.196 e. The number of ketones is 2. The third-order valence-electron chi connectivity index (χ3n) is 14.9. The summed E-state index contributed by atoms with van der Waals surface area (Å²) in [5.74, 6) is 4.76. The third kappa shape index (κ3) is 11.3. The van der Waals surface area contributed by atoms with Crippen molar-refractivity contribution < 1.29 is 19.1 Å². The highest BCUT2D eigenvalue weighted by molar-refractivity contribution is 7.99. The quantitative estimate of drug-likeness (QED) is 0.0817. The van der Waals surface area contributed by atoms with E-state index in [1.54, 1.807) is 12.1 Å². The van der Waals surface area contributed by atoms with Gasteiger partial charge in [-0.1, -0.05) is 139 Å². The predicted molar refractivity (Wildman–Crippen MR) is 275 cm³/mol. The van der Waals surface area contributed by atoms with Crippen molar-refractivity contribution in [2.45, 2.75) is 154 Å². The van der Waals surface area contributed by atoms with Gasteiger partial charge in [-0.15, -0.1) is 0 Å². The molecule has 5 nitrogen and oxygen atoms in total. The van der Waals surface area contributed by atoms with Crippen molar-refractivity contribution >= 4 is 34.7 Å². The van der Waals surface area contributed by atoms with Gasteiger partial charge in [0.2, 0.25) is 0 Å². The van der Waals surface area contributed by atoms with E-state index in [9.17, 15) is 9.59 Å². The number of fused-ring (bicyclic) bond motifs is 2. The van der Waals surface area contributed by atoms with Gasteiger partial charge in [0.1, 0.15) is 11.5 Å². The first-order chi connectivity index (χ1) is 32.1. The Balaban J connectivity index is 0.897. The number of hydrogen-bond acceptors (Lipinski definition) is 6. The van der Waals surface area contributed by atoms with Crippen molar-refractivity contribution in [3.63, 3.8) is 0 Å². The molecule has 0 saturated heterocycles. The molecule has 3 aliphatic rings. The highest BCUT2D eigenvalue weighted by atomic mass is 32.2. The molecular formula is C60H73NO4S. The van der Waals surface area contributed by atoms with Gasteiger partial charge < -0.3 is 14.8 Å². The summed E-state index contributed by atoms with van der Waals surface area (Å²) in [6, 6.07) is 28.3.